The number of methoxy groups -OCH3 is 1. The van der Waals surface area contributed by atoms with Crippen LogP contribution in [0.1, 0.15) is 5.56 Å². The molecule has 2 aromatic heterocycles. The van der Waals surface area contributed by atoms with Crippen molar-refractivity contribution < 1.29 is 34.7 Å². The SMILES string of the molecule is COc1ccc(NS(=O)(=O)c2ccc(S(=O)(=O)c3ncc(C(F)(F)F)cc3Cl)s2)cc1. The van der Waals surface area contributed by atoms with Gasteiger partial charge in [-0.25, -0.2) is 21.8 Å². The smallest absolute Gasteiger partial charge is 0.417 e. The number of alkyl halides is 3. The molecule has 166 valence electrons. The van der Waals surface area contributed by atoms with Gasteiger partial charge in [-0.2, -0.15) is 13.2 Å². The number of ether oxygens (including phenoxy) is 1. The molecule has 0 bridgehead atoms. The van der Waals surface area contributed by atoms with Crippen LogP contribution >= 0.6 is 22.9 Å². The van der Waals surface area contributed by atoms with E-state index >= 15 is 0 Å². The summed E-state index contributed by atoms with van der Waals surface area (Å²) in [5, 5.41) is -1.54. The van der Waals surface area contributed by atoms with Crippen LogP contribution in [-0.2, 0) is 26.0 Å². The molecule has 0 radical (unpaired) electrons. The lowest BCUT2D eigenvalue weighted by molar-refractivity contribution is -0.137. The van der Waals surface area contributed by atoms with E-state index in [1.165, 1.54) is 31.4 Å². The Bertz CT molecular complexity index is 1320. The molecule has 1 N–H and O–H groups in total. The van der Waals surface area contributed by atoms with E-state index < -0.39 is 45.9 Å². The van der Waals surface area contributed by atoms with Crippen LogP contribution in [0.5, 0.6) is 5.75 Å². The van der Waals surface area contributed by atoms with Crippen LogP contribution in [0.4, 0.5) is 18.9 Å². The third-order valence-electron chi connectivity index (χ3n) is 3.82. The van der Waals surface area contributed by atoms with Gasteiger partial charge >= 0.3 is 6.18 Å². The zero-order valence-electron chi connectivity index (χ0n) is 15.3. The molecule has 0 unspecified atom stereocenters. The molecule has 0 aliphatic rings. The highest BCUT2D eigenvalue weighted by molar-refractivity contribution is 7.96. The lowest BCUT2D eigenvalue weighted by Gasteiger charge is -2.09. The van der Waals surface area contributed by atoms with E-state index in [9.17, 15) is 30.0 Å². The number of nitrogens with one attached hydrogen (secondary N) is 1. The quantitative estimate of drug-likeness (QED) is 0.523. The first-order valence-corrected chi connectivity index (χ1v) is 12.3. The van der Waals surface area contributed by atoms with Crippen molar-refractivity contribution in [2.75, 3.05) is 11.8 Å². The minimum absolute atomic E-state index is 0.214. The Morgan fingerprint density at radius 2 is 1.65 bits per heavy atom. The second-order valence-electron chi connectivity index (χ2n) is 5.92. The van der Waals surface area contributed by atoms with E-state index in [0.717, 1.165) is 12.1 Å². The van der Waals surface area contributed by atoms with Gasteiger partial charge in [0.05, 0.1) is 17.7 Å². The minimum Gasteiger partial charge on any atom is -0.497 e. The first-order chi connectivity index (χ1) is 14.3. The van der Waals surface area contributed by atoms with Gasteiger partial charge in [0.1, 0.15) is 14.2 Å². The topological polar surface area (TPSA) is 102 Å². The molecule has 0 saturated heterocycles. The van der Waals surface area contributed by atoms with Crippen molar-refractivity contribution in [1.29, 1.82) is 0 Å². The van der Waals surface area contributed by atoms with Crippen LogP contribution in [-0.4, -0.2) is 28.9 Å². The van der Waals surface area contributed by atoms with Crippen LogP contribution in [0.25, 0.3) is 0 Å². The number of nitrogens with zero attached hydrogens (tertiary/aromatic N) is 1. The second kappa shape index (κ2) is 8.30. The molecule has 0 atom stereocenters. The molecule has 14 heteroatoms. The highest BCUT2D eigenvalue weighted by atomic mass is 35.5. The average Bonchev–Trinajstić information content (AvgIpc) is 3.19. The number of rotatable bonds is 6. The Balaban J connectivity index is 1.91. The molecule has 0 amide bonds. The van der Waals surface area contributed by atoms with E-state index in [4.69, 9.17) is 16.3 Å². The molecule has 3 rings (SSSR count). The van der Waals surface area contributed by atoms with Gasteiger partial charge in [-0.3, -0.25) is 4.72 Å². The number of hydrogen-bond acceptors (Lipinski definition) is 7. The molecule has 7 nitrogen and oxygen atoms in total. The van der Waals surface area contributed by atoms with Gasteiger partial charge in [0, 0.05) is 11.9 Å². The van der Waals surface area contributed by atoms with Crippen LogP contribution in [0, 0.1) is 0 Å². The van der Waals surface area contributed by atoms with Gasteiger partial charge in [-0.15, -0.1) is 11.3 Å². The van der Waals surface area contributed by atoms with Crippen LogP contribution < -0.4 is 9.46 Å². The molecule has 3 aromatic rings. The third-order valence-corrected chi connectivity index (χ3v) is 9.38. The largest absolute Gasteiger partial charge is 0.497 e. The predicted molar refractivity (Wildman–Crippen MR) is 108 cm³/mol. The number of sulfonamides is 1. The lowest BCUT2D eigenvalue weighted by atomic mass is 10.3. The van der Waals surface area contributed by atoms with E-state index in [-0.39, 0.29) is 9.90 Å². The fraction of sp³-hybridized carbons (Fsp3) is 0.118. The Morgan fingerprint density at radius 1 is 1.03 bits per heavy atom. The van der Waals surface area contributed by atoms with E-state index in [1.54, 1.807) is 0 Å². The molecule has 31 heavy (non-hydrogen) atoms. The number of sulfone groups is 1. The highest BCUT2D eigenvalue weighted by Crippen LogP contribution is 2.36. The van der Waals surface area contributed by atoms with E-state index in [1.807, 2.05) is 0 Å². The standard InChI is InChI=1S/C17H12ClF3N2O5S3/c1-28-12-4-2-11(3-5-12)23-31(26,27)15-7-6-14(29-15)30(24,25)16-13(18)8-10(9-22-16)17(19,20)21/h2-9,23H,1H3. The summed E-state index contributed by atoms with van der Waals surface area (Å²) in [7, 11) is -7.13. The summed E-state index contributed by atoms with van der Waals surface area (Å²) in [6.45, 7) is 0. The zero-order valence-corrected chi connectivity index (χ0v) is 18.5. The normalized spacial score (nSPS) is 12.5. The average molecular weight is 513 g/mol. The number of anilines is 1. The molecule has 2 heterocycles. The van der Waals surface area contributed by atoms with Gasteiger partial charge in [-0.1, -0.05) is 11.6 Å². The van der Waals surface area contributed by atoms with Crippen molar-refractivity contribution >= 4 is 48.5 Å². The first-order valence-electron chi connectivity index (χ1n) is 8.09. The summed E-state index contributed by atoms with van der Waals surface area (Å²) in [6, 6.07) is 8.47. The molecule has 0 aliphatic heterocycles. The van der Waals surface area contributed by atoms with Crippen LogP contribution in [0.15, 0.2) is 62.1 Å². The maximum atomic E-state index is 12.7. The van der Waals surface area contributed by atoms with Crippen molar-refractivity contribution in [3.8, 4) is 5.75 Å². The third kappa shape index (κ3) is 4.95. The monoisotopic (exact) mass is 512 g/mol. The summed E-state index contributed by atoms with van der Waals surface area (Å²) in [4.78, 5) is 3.34. The van der Waals surface area contributed by atoms with Crippen molar-refractivity contribution in [3.63, 3.8) is 0 Å². The number of thiophene rings is 1. The van der Waals surface area contributed by atoms with Gasteiger partial charge in [0.2, 0.25) is 9.84 Å². The Morgan fingerprint density at radius 3 is 2.19 bits per heavy atom. The van der Waals surface area contributed by atoms with Crippen molar-refractivity contribution in [2.24, 2.45) is 0 Å². The fourth-order valence-corrected chi connectivity index (χ4v) is 6.95. The number of halogens is 4. The van der Waals surface area contributed by atoms with Gasteiger partial charge < -0.3 is 4.74 Å². The van der Waals surface area contributed by atoms with Gasteiger partial charge in [-0.05, 0) is 42.5 Å². The minimum atomic E-state index is -4.75. The highest BCUT2D eigenvalue weighted by Gasteiger charge is 2.34. The summed E-state index contributed by atoms with van der Waals surface area (Å²) in [5.74, 6) is 0.508. The molecule has 1 aromatic carbocycles. The lowest BCUT2D eigenvalue weighted by Crippen LogP contribution is -2.11. The van der Waals surface area contributed by atoms with Gasteiger partial charge in [0.25, 0.3) is 10.0 Å². The summed E-state index contributed by atoms with van der Waals surface area (Å²) >= 11 is 6.12. The number of hydrogen-bond donors (Lipinski definition) is 1. The van der Waals surface area contributed by atoms with E-state index in [2.05, 4.69) is 9.71 Å². The summed E-state index contributed by atoms with van der Waals surface area (Å²) in [5.41, 5.74) is -0.999. The zero-order chi connectivity index (χ0) is 23.0. The van der Waals surface area contributed by atoms with Crippen molar-refractivity contribution in [2.45, 2.75) is 19.6 Å². The number of pyridine rings is 1. The molecule has 0 aliphatic carbocycles. The second-order valence-corrected chi connectivity index (χ2v) is 11.4. The number of benzene rings is 1. The van der Waals surface area contributed by atoms with Crippen molar-refractivity contribution in [3.05, 3.63) is 59.2 Å². The summed E-state index contributed by atoms with van der Waals surface area (Å²) < 4.78 is 95.3. The van der Waals surface area contributed by atoms with Crippen LogP contribution in [0.2, 0.25) is 5.02 Å². The fourth-order valence-electron chi connectivity index (χ4n) is 2.33. The predicted octanol–water partition coefficient (Wildman–Crippen LogP) is 4.46. The van der Waals surface area contributed by atoms with E-state index in [0.29, 0.717) is 29.3 Å². The first kappa shape index (κ1) is 23.3. The maximum absolute atomic E-state index is 12.7. The Kier molecular flexibility index (Phi) is 6.24. The number of aromatic nitrogens is 1. The molecule has 0 saturated carbocycles. The Labute approximate surface area is 184 Å². The van der Waals surface area contributed by atoms with Crippen LogP contribution in [0.3, 0.4) is 0 Å². The maximum Gasteiger partial charge on any atom is 0.417 e. The van der Waals surface area contributed by atoms with Crippen molar-refractivity contribution in [1.82, 2.24) is 4.98 Å². The molecular weight excluding hydrogens is 501 g/mol. The van der Waals surface area contributed by atoms with Gasteiger partial charge in [0.15, 0.2) is 5.03 Å². The Hall–Kier alpha value is -2.35. The molecule has 0 fully saturated rings. The molecular formula is C17H12ClF3N2O5S3. The molecule has 0 spiro atoms. The summed E-state index contributed by atoms with van der Waals surface area (Å²) in [6.07, 6.45) is -4.41.